The summed E-state index contributed by atoms with van der Waals surface area (Å²) in [5.41, 5.74) is 2.56. The number of thiazole rings is 1. The van der Waals surface area contributed by atoms with Crippen LogP contribution in [0.4, 0.5) is 5.13 Å². The van der Waals surface area contributed by atoms with E-state index in [2.05, 4.69) is 45.9 Å². The number of rotatable bonds is 4. The highest BCUT2D eigenvalue weighted by atomic mass is 35.5. The normalized spacial score (nSPS) is 16.5. The molecule has 1 unspecified atom stereocenters. The zero-order valence-electron chi connectivity index (χ0n) is 12.5. The molecule has 2 aromatic rings. The number of hydrogen-bond acceptors (Lipinski definition) is 4. The summed E-state index contributed by atoms with van der Waals surface area (Å²) in [5.74, 6) is 0.531. The van der Waals surface area contributed by atoms with Gasteiger partial charge in [0.1, 0.15) is 0 Å². The Morgan fingerprint density at radius 2 is 2.14 bits per heavy atom. The second-order valence-electron chi connectivity index (χ2n) is 5.32. The van der Waals surface area contributed by atoms with Crippen LogP contribution in [-0.2, 0) is 17.6 Å². The lowest BCUT2D eigenvalue weighted by Crippen LogP contribution is -2.24. The summed E-state index contributed by atoms with van der Waals surface area (Å²) in [6.07, 6.45) is 3.15. The Hall–Kier alpha value is -1.43. The highest BCUT2D eigenvalue weighted by Gasteiger charge is 2.24. The molecule has 3 rings (SSSR count). The lowest BCUT2D eigenvalue weighted by Gasteiger charge is -2.21. The van der Waals surface area contributed by atoms with Crippen LogP contribution in [0.2, 0.25) is 0 Å². The Kier molecular flexibility index (Phi) is 5.94. The van der Waals surface area contributed by atoms with Gasteiger partial charge in [-0.25, -0.2) is 4.98 Å². The van der Waals surface area contributed by atoms with Crippen LogP contribution in [0.3, 0.4) is 0 Å². The number of fused-ring (bicyclic) bond motifs is 1. The van der Waals surface area contributed by atoms with Crippen molar-refractivity contribution >= 4 is 34.8 Å². The van der Waals surface area contributed by atoms with Gasteiger partial charge in [-0.3, -0.25) is 4.79 Å². The Balaban J connectivity index is 0.00000176. The number of hydrogen-bond donors (Lipinski definition) is 2. The number of nitrogens with zero attached hydrogens (tertiary/aromatic N) is 1. The van der Waals surface area contributed by atoms with Crippen LogP contribution in [-0.4, -0.2) is 24.5 Å². The summed E-state index contributed by atoms with van der Waals surface area (Å²) in [6.45, 7) is 0.316. The van der Waals surface area contributed by atoms with Crippen LogP contribution in [0.1, 0.15) is 28.5 Å². The molecule has 1 heterocycles. The highest BCUT2D eigenvalue weighted by Crippen LogP contribution is 2.36. The van der Waals surface area contributed by atoms with Crippen molar-refractivity contribution in [1.29, 1.82) is 0 Å². The third-order valence-electron chi connectivity index (χ3n) is 3.79. The first-order valence-corrected chi connectivity index (χ1v) is 8.06. The van der Waals surface area contributed by atoms with Gasteiger partial charge in [0.05, 0.1) is 12.2 Å². The fourth-order valence-electron chi connectivity index (χ4n) is 2.76. The predicted octanol–water partition coefficient (Wildman–Crippen LogP) is 3.00. The van der Waals surface area contributed by atoms with Crippen molar-refractivity contribution in [3.63, 3.8) is 0 Å². The van der Waals surface area contributed by atoms with Crippen molar-refractivity contribution in [1.82, 2.24) is 10.3 Å². The standard InChI is InChI=1S/C16H19N3OS.ClH/c1-17-10-15(20)19-16-18-13-8-7-12(9-14(13)21-16)11-5-3-2-4-6-11;/h2-6,12,17H,7-10H2,1H3,(H,18,19,20);1H. The lowest BCUT2D eigenvalue weighted by atomic mass is 9.85. The second kappa shape index (κ2) is 7.72. The molecule has 0 spiro atoms. The number of aryl methyl sites for hydroxylation is 1. The van der Waals surface area contributed by atoms with E-state index >= 15 is 0 Å². The summed E-state index contributed by atoms with van der Waals surface area (Å²) in [6, 6.07) is 10.7. The van der Waals surface area contributed by atoms with Gasteiger partial charge in [0, 0.05) is 4.88 Å². The van der Waals surface area contributed by atoms with Crippen molar-refractivity contribution < 1.29 is 4.79 Å². The zero-order valence-corrected chi connectivity index (χ0v) is 14.1. The molecule has 1 aromatic carbocycles. The van der Waals surface area contributed by atoms with E-state index in [-0.39, 0.29) is 18.3 Å². The highest BCUT2D eigenvalue weighted by molar-refractivity contribution is 7.15. The Morgan fingerprint density at radius 3 is 2.86 bits per heavy atom. The first kappa shape index (κ1) is 16.9. The number of benzene rings is 1. The van der Waals surface area contributed by atoms with Crippen molar-refractivity contribution in [2.45, 2.75) is 25.2 Å². The lowest BCUT2D eigenvalue weighted by molar-refractivity contribution is -0.115. The predicted molar refractivity (Wildman–Crippen MR) is 93.1 cm³/mol. The number of nitrogens with one attached hydrogen (secondary N) is 2. The van der Waals surface area contributed by atoms with Gasteiger partial charge in [-0.15, -0.1) is 23.7 Å². The van der Waals surface area contributed by atoms with Crippen LogP contribution < -0.4 is 10.6 Å². The number of anilines is 1. The third kappa shape index (κ3) is 3.85. The maximum atomic E-state index is 11.6. The molecule has 1 aliphatic rings. The number of carbonyl (C=O) groups is 1. The Labute approximate surface area is 140 Å². The smallest absolute Gasteiger partial charge is 0.240 e. The van der Waals surface area contributed by atoms with E-state index in [1.807, 2.05) is 0 Å². The van der Waals surface area contributed by atoms with E-state index in [9.17, 15) is 4.79 Å². The van der Waals surface area contributed by atoms with Crippen LogP contribution in [0, 0.1) is 0 Å². The largest absolute Gasteiger partial charge is 0.311 e. The van der Waals surface area contributed by atoms with Crippen LogP contribution >= 0.6 is 23.7 Å². The molecule has 0 aliphatic heterocycles. The minimum absolute atomic E-state index is 0. The summed E-state index contributed by atoms with van der Waals surface area (Å²) in [5, 5.41) is 6.43. The van der Waals surface area contributed by atoms with Gasteiger partial charge in [-0.2, -0.15) is 0 Å². The van der Waals surface area contributed by atoms with E-state index in [1.165, 1.54) is 10.4 Å². The molecule has 4 nitrogen and oxygen atoms in total. The van der Waals surface area contributed by atoms with E-state index in [0.717, 1.165) is 30.1 Å². The Morgan fingerprint density at radius 1 is 1.36 bits per heavy atom. The van der Waals surface area contributed by atoms with Gasteiger partial charge in [-0.05, 0) is 37.8 Å². The number of carbonyl (C=O) groups excluding carboxylic acids is 1. The SMILES string of the molecule is CNCC(=O)Nc1nc2c(s1)CC(c1ccccc1)CC2.Cl. The molecule has 1 amide bonds. The average molecular weight is 338 g/mol. The second-order valence-corrected chi connectivity index (χ2v) is 6.40. The number of likely N-dealkylation sites (N-methyl/N-ethyl adjacent to an activating group) is 1. The van der Waals surface area contributed by atoms with Crippen molar-refractivity contribution in [2.24, 2.45) is 0 Å². The van der Waals surface area contributed by atoms with Crippen LogP contribution in [0.15, 0.2) is 30.3 Å². The minimum atomic E-state index is -0.0387. The molecule has 1 aliphatic carbocycles. The molecule has 1 atom stereocenters. The summed E-state index contributed by atoms with van der Waals surface area (Å²) >= 11 is 1.62. The molecule has 118 valence electrons. The molecular formula is C16H20ClN3OS. The summed E-state index contributed by atoms with van der Waals surface area (Å²) < 4.78 is 0. The maximum absolute atomic E-state index is 11.6. The van der Waals surface area contributed by atoms with Crippen molar-refractivity contribution in [2.75, 3.05) is 18.9 Å². The summed E-state index contributed by atoms with van der Waals surface area (Å²) in [4.78, 5) is 17.5. The van der Waals surface area contributed by atoms with E-state index in [4.69, 9.17) is 0 Å². The molecule has 0 saturated heterocycles. The molecule has 1 aromatic heterocycles. The zero-order chi connectivity index (χ0) is 14.7. The monoisotopic (exact) mass is 337 g/mol. The molecular weight excluding hydrogens is 318 g/mol. The van der Waals surface area contributed by atoms with E-state index < -0.39 is 0 Å². The number of halogens is 1. The van der Waals surface area contributed by atoms with E-state index in [0.29, 0.717) is 12.5 Å². The number of amides is 1. The van der Waals surface area contributed by atoms with Crippen molar-refractivity contribution in [3.8, 4) is 0 Å². The fourth-order valence-corrected chi connectivity index (χ4v) is 3.87. The van der Waals surface area contributed by atoms with Crippen molar-refractivity contribution in [3.05, 3.63) is 46.5 Å². The third-order valence-corrected chi connectivity index (χ3v) is 4.83. The van der Waals surface area contributed by atoms with Gasteiger partial charge in [-0.1, -0.05) is 30.3 Å². The average Bonchev–Trinajstić information content (AvgIpc) is 2.89. The van der Waals surface area contributed by atoms with Gasteiger partial charge >= 0.3 is 0 Å². The fraction of sp³-hybridized carbons (Fsp3) is 0.375. The summed E-state index contributed by atoms with van der Waals surface area (Å²) in [7, 11) is 1.76. The quantitative estimate of drug-likeness (QED) is 0.901. The van der Waals surface area contributed by atoms with Gasteiger partial charge in [0.2, 0.25) is 5.91 Å². The molecule has 0 saturated carbocycles. The number of aromatic nitrogens is 1. The first-order chi connectivity index (χ1) is 10.3. The molecule has 0 radical (unpaired) electrons. The van der Waals surface area contributed by atoms with E-state index in [1.54, 1.807) is 18.4 Å². The van der Waals surface area contributed by atoms with Crippen LogP contribution in [0.5, 0.6) is 0 Å². The first-order valence-electron chi connectivity index (χ1n) is 7.24. The Bertz CT molecular complexity index is 630. The maximum Gasteiger partial charge on any atom is 0.240 e. The van der Waals surface area contributed by atoms with Gasteiger partial charge in [0.25, 0.3) is 0 Å². The van der Waals surface area contributed by atoms with Gasteiger partial charge < -0.3 is 10.6 Å². The molecule has 0 bridgehead atoms. The molecule has 2 N–H and O–H groups in total. The molecule has 6 heteroatoms. The topological polar surface area (TPSA) is 54.0 Å². The van der Waals surface area contributed by atoms with Gasteiger partial charge in [0.15, 0.2) is 5.13 Å². The minimum Gasteiger partial charge on any atom is -0.311 e. The molecule has 22 heavy (non-hydrogen) atoms. The van der Waals surface area contributed by atoms with Crippen LogP contribution in [0.25, 0.3) is 0 Å². The molecule has 0 fully saturated rings.